The summed E-state index contributed by atoms with van der Waals surface area (Å²) in [5.41, 5.74) is 8.89. The van der Waals surface area contributed by atoms with Crippen LogP contribution in [-0.4, -0.2) is 56.6 Å². The Kier molecular flexibility index (Phi) is 6.78. The van der Waals surface area contributed by atoms with Crippen molar-refractivity contribution in [1.29, 1.82) is 0 Å². The zero-order valence-corrected chi connectivity index (χ0v) is 17.0. The van der Waals surface area contributed by atoms with Gasteiger partial charge in [-0.1, -0.05) is 13.3 Å². The lowest BCUT2D eigenvalue weighted by molar-refractivity contribution is 0.268. The molecule has 10 heteroatoms. The highest BCUT2D eigenvalue weighted by molar-refractivity contribution is 5.85. The average molecular weight is 400 g/mol. The lowest BCUT2D eigenvalue weighted by atomic mass is 10.2. The first kappa shape index (κ1) is 20.7. The average Bonchev–Trinajstić information content (AvgIpc) is 3.11. The van der Waals surface area contributed by atoms with Gasteiger partial charge in [-0.05, 0) is 25.1 Å². The van der Waals surface area contributed by atoms with Gasteiger partial charge in [0.1, 0.15) is 17.0 Å². The van der Waals surface area contributed by atoms with Crippen LogP contribution in [0.2, 0.25) is 0 Å². The molecule has 0 saturated heterocycles. The number of rotatable bonds is 10. The number of ether oxygens (including phenoxy) is 1. The molecule has 0 amide bonds. The highest BCUT2D eigenvalue weighted by Crippen LogP contribution is 2.23. The predicted octanol–water partition coefficient (Wildman–Crippen LogP) is 1.15. The second-order valence-corrected chi connectivity index (χ2v) is 6.83. The number of pyridine rings is 1. The van der Waals surface area contributed by atoms with Gasteiger partial charge in [0.15, 0.2) is 11.3 Å². The maximum absolute atomic E-state index is 9.59. The topological polar surface area (TPSA) is 136 Å². The molecule has 0 aliphatic heterocycles. The van der Waals surface area contributed by atoms with Gasteiger partial charge in [-0.15, -0.1) is 0 Å². The highest BCUT2D eigenvalue weighted by Gasteiger charge is 2.16. The predicted molar refractivity (Wildman–Crippen MR) is 112 cm³/mol. The van der Waals surface area contributed by atoms with E-state index in [-0.39, 0.29) is 18.6 Å². The fourth-order valence-corrected chi connectivity index (χ4v) is 3.17. The zero-order valence-electron chi connectivity index (χ0n) is 17.0. The zero-order chi connectivity index (χ0) is 20.8. The number of nitrogen functional groups attached to an aromatic ring is 1. The Morgan fingerprint density at radius 1 is 1.34 bits per heavy atom. The number of methoxy groups -OCH3 is 1. The summed E-state index contributed by atoms with van der Waals surface area (Å²) in [5, 5.41) is 20.5. The molecule has 0 saturated carbocycles. The second-order valence-electron chi connectivity index (χ2n) is 6.83. The Morgan fingerprint density at radius 2 is 2.17 bits per heavy atom. The molecule has 0 spiro atoms. The molecule has 0 aliphatic rings. The SMILES string of the molecule is CCC[C@@H](CO)Nc1nc(N)nc2cn(Cc3ncc(CNC)cc3OC)nc12. The first-order valence-electron chi connectivity index (χ1n) is 9.62. The maximum atomic E-state index is 9.59. The molecule has 0 bridgehead atoms. The van der Waals surface area contributed by atoms with Gasteiger partial charge in [0.25, 0.3) is 0 Å². The van der Waals surface area contributed by atoms with E-state index in [0.717, 1.165) is 24.1 Å². The van der Waals surface area contributed by atoms with Gasteiger partial charge < -0.3 is 26.2 Å². The fourth-order valence-electron chi connectivity index (χ4n) is 3.17. The second kappa shape index (κ2) is 9.48. The van der Waals surface area contributed by atoms with E-state index >= 15 is 0 Å². The summed E-state index contributed by atoms with van der Waals surface area (Å²) >= 11 is 0. The van der Waals surface area contributed by atoms with Gasteiger partial charge in [-0.25, -0.2) is 4.98 Å². The highest BCUT2D eigenvalue weighted by atomic mass is 16.5. The molecule has 3 aromatic rings. The van der Waals surface area contributed by atoms with Gasteiger partial charge in [0, 0.05) is 12.7 Å². The van der Waals surface area contributed by atoms with Crippen molar-refractivity contribution >= 4 is 22.8 Å². The monoisotopic (exact) mass is 400 g/mol. The molecule has 5 N–H and O–H groups in total. The van der Waals surface area contributed by atoms with E-state index in [0.29, 0.717) is 35.7 Å². The number of aliphatic hydroxyl groups excluding tert-OH is 1. The molecule has 0 unspecified atom stereocenters. The number of hydrogen-bond donors (Lipinski definition) is 4. The lowest BCUT2D eigenvalue weighted by Crippen LogP contribution is -2.24. The van der Waals surface area contributed by atoms with Crippen LogP contribution in [0.1, 0.15) is 31.0 Å². The number of aliphatic hydroxyl groups is 1. The third-order valence-corrected chi connectivity index (χ3v) is 4.53. The van der Waals surface area contributed by atoms with Crippen molar-refractivity contribution in [2.45, 2.75) is 38.9 Å². The molecule has 1 atom stereocenters. The van der Waals surface area contributed by atoms with Crippen molar-refractivity contribution in [3.63, 3.8) is 0 Å². The summed E-state index contributed by atoms with van der Waals surface area (Å²) < 4.78 is 7.23. The minimum Gasteiger partial charge on any atom is -0.495 e. The van der Waals surface area contributed by atoms with E-state index in [1.54, 1.807) is 18.0 Å². The number of fused-ring (bicyclic) bond motifs is 1. The van der Waals surface area contributed by atoms with Crippen LogP contribution in [-0.2, 0) is 13.1 Å². The molecule has 3 rings (SSSR count). The van der Waals surface area contributed by atoms with E-state index in [2.05, 4.69) is 37.6 Å². The van der Waals surface area contributed by atoms with E-state index in [9.17, 15) is 5.11 Å². The summed E-state index contributed by atoms with van der Waals surface area (Å²) in [6.07, 6.45) is 5.36. The third kappa shape index (κ3) is 4.90. The van der Waals surface area contributed by atoms with Crippen LogP contribution in [0.3, 0.4) is 0 Å². The van der Waals surface area contributed by atoms with Crippen LogP contribution >= 0.6 is 0 Å². The summed E-state index contributed by atoms with van der Waals surface area (Å²) in [7, 11) is 3.51. The first-order chi connectivity index (χ1) is 14.1. The Morgan fingerprint density at radius 3 is 2.86 bits per heavy atom. The minimum atomic E-state index is -0.121. The van der Waals surface area contributed by atoms with Crippen molar-refractivity contribution in [2.24, 2.45) is 0 Å². The number of nitrogens with two attached hydrogens (primary N) is 1. The van der Waals surface area contributed by atoms with Crippen molar-refractivity contribution in [2.75, 3.05) is 31.8 Å². The summed E-state index contributed by atoms with van der Waals surface area (Å²) in [6, 6.07) is 1.84. The van der Waals surface area contributed by atoms with Gasteiger partial charge in [0.05, 0.1) is 32.5 Å². The van der Waals surface area contributed by atoms with Crippen LogP contribution in [0.5, 0.6) is 5.75 Å². The molecule has 10 nitrogen and oxygen atoms in total. The standard InChI is InChI=1S/C19H28N8O2/c1-4-5-13(11-28)23-18-17-15(24-19(20)25-18)10-27(26-17)9-14-16(29-3)6-12(7-21-2)8-22-14/h6,8,10,13,21,28H,4-5,7,9,11H2,1-3H3,(H3,20,23,24,25)/t13-/m0/s1. The number of hydrogen-bond acceptors (Lipinski definition) is 9. The van der Waals surface area contributed by atoms with Crippen molar-refractivity contribution in [1.82, 2.24) is 30.0 Å². The normalized spacial score (nSPS) is 12.3. The number of nitrogens with one attached hydrogen (secondary N) is 2. The molecule has 29 heavy (non-hydrogen) atoms. The Hall–Kier alpha value is -2.98. The fraction of sp³-hybridized carbons (Fsp3) is 0.474. The van der Waals surface area contributed by atoms with Crippen LogP contribution in [0, 0.1) is 0 Å². The molecule has 3 aromatic heterocycles. The smallest absolute Gasteiger partial charge is 0.222 e. The summed E-state index contributed by atoms with van der Waals surface area (Å²) in [6.45, 7) is 3.19. The summed E-state index contributed by atoms with van der Waals surface area (Å²) in [4.78, 5) is 13.1. The van der Waals surface area contributed by atoms with E-state index < -0.39 is 0 Å². The summed E-state index contributed by atoms with van der Waals surface area (Å²) in [5.74, 6) is 1.37. The largest absolute Gasteiger partial charge is 0.495 e. The quantitative estimate of drug-likeness (QED) is 0.395. The van der Waals surface area contributed by atoms with Crippen molar-refractivity contribution in [3.05, 3.63) is 29.7 Å². The molecule has 0 fully saturated rings. The Bertz CT molecular complexity index is 959. The van der Waals surface area contributed by atoms with Crippen molar-refractivity contribution in [3.8, 4) is 5.75 Å². The van der Waals surface area contributed by atoms with Gasteiger partial charge in [0.2, 0.25) is 5.95 Å². The minimum absolute atomic E-state index is 0.0000339. The maximum Gasteiger partial charge on any atom is 0.222 e. The molecule has 156 valence electrons. The third-order valence-electron chi connectivity index (χ3n) is 4.53. The number of aromatic nitrogens is 5. The van der Waals surface area contributed by atoms with E-state index in [1.165, 1.54) is 0 Å². The molecular weight excluding hydrogens is 372 g/mol. The van der Waals surface area contributed by atoms with Crippen LogP contribution in [0.25, 0.3) is 11.0 Å². The molecule has 0 aromatic carbocycles. The molecule has 0 radical (unpaired) electrons. The van der Waals surface area contributed by atoms with Gasteiger partial charge in [-0.2, -0.15) is 10.1 Å². The van der Waals surface area contributed by atoms with E-state index in [4.69, 9.17) is 10.5 Å². The Labute approximate surface area is 169 Å². The lowest BCUT2D eigenvalue weighted by Gasteiger charge is -2.16. The number of nitrogens with zero attached hydrogens (tertiary/aromatic N) is 5. The first-order valence-corrected chi connectivity index (χ1v) is 9.62. The van der Waals surface area contributed by atoms with Crippen molar-refractivity contribution < 1.29 is 9.84 Å². The van der Waals surface area contributed by atoms with E-state index in [1.807, 2.05) is 19.3 Å². The number of anilines is 2. The van der Waals surface area contributed by atoms with Gasteiger partial charge in [-0.3, -0.25) is 9.67 Å². The van der Waals surface area contributed by atoms with Crippen LogP contribution in [0.4, 0.5) is 11.8 Å². The molecular formula is C19H28N8O2. The van der Waals surface area contributed by atoms with Crippen LogP contribution in [0.15, 0.2) is 18.5 Å². The molecule has 0 aliphatic carbocycles. The van der Waals surface area contributed by atoms with Crippen LogP contribution < -0.4 is 21.1 Å². The van der Waals surface area contributed by atoms with Gasteiger partial charge >= 0.3 is 0 Å². The molecule has 3 heterocycles. The Balaban J connectivity index is 1.91.